The maximum atomic E-state index is 12.7. The zero-order chi connectivity index (χ0) is 15.5. The van der Waals surface area contributed by atoms with Crippen molar-refractivity contribution in [1.82, 2.24) is 4.90 Å². The van der Waals surface area contributed by atoms with Crippen LogP contribution in [-0.4, -0.2) is 40.9 Å². The molecule has 3 nitrogen and oxygen atoms in total. The number of aryl methyl sites for hydroxylation is 1. The van der Waals surface area contributed by atoms with Gasteiger partial charge >= 0.3 is 0 Å². The average Bonchev–Trinajstić information content (AvgIpc) is 2.43. The quantitative estimate of drug-likeness (QED) is 0.918. The van der Waals surface area contributed by atoms with Crippen molar-refractivity contribution in [2.45, 2.75) is 38.9 Å². The zero-order valence-corrected chi connectivity index (χ0v) is 14.3. The minimum Gasteiger partial charge on any atom is -0.385 e. The molecule has 0 saturated carbocycles. The van der Waals surface area contributed by atoms with E-state index < -0.39 is 0 Å². The van der Waals surface area contributed by atoms with Gasteiger partial charge in [-0.2, -0.15) is 11.8 Å². The lowest BCUT2D eigenvalue weighted by Gasteiger charge is -2.37. The van der Waals surface area contributed by atoms with E-state index in [0.717, 1.165) is 48.6 Å². The molecule has 0 aliphatic carbocycles. The Balaban J connectivity index is 2.12. The summed E-state index contributed by atoms with van der Waals surface area (Å²) in [4.78, 5) is 14.7. The number of nitrogens with one attached hydrogen (secondary N) is 1. The molecule has 0 bridgehead atoms. The predicted molar refractivity (Wildman–Crippen MR) is 92.4 cm³/mol. The summed E-state index contributed by atoms with van der Waals surface area (Å²) in [7, 11) is 0. The van der Waals surface area contributed by atoms with Crippen LogP contribution in [0.1, 0.15) is 43.1 Å². The Morgan fingerprint density at radius 3 is 2.81 bits per heavy atom. The predicted octanol–water partition coefficient (Wildman–Crippen LogP) is 3.78. The molecule has 0 atom stereocenters. The molecule has 116 valence electrons. The standard InChI is InChI=1S/C17H26N2OS/c1-5-8-18-14-6-7-15(13(2)11-14)16(20)19-9-10-21-17(3,4)12-19/h6-7,11,18H,5,8-10,12H2,1-4H3. The molecule has 2 rings (SSSR count). The average molecular weight is 306 g/mol. The summed E-state index contributed by atoms with van der Waals surface area (Å²) < 4.78 is 0.157. The minimum absolute atomic E-state index is 0.157. The smallest absolute Gasteiger partial charge is 0.254 e. The summed E-state index contributed by atoms with van der Waals surface area (Å²) in [6.45, 7) is 11.2. The second kappa shape index (κ2) is 6.73. The van der Waals surface area contributed by atoms with E-state index in [2.05, 4.69) is 32.2 Å². The van der Waals surface area contributed by atoms with E-state index in [1.165, 1.54) is 0 Å². The van der Waals surface area contributed by atoms with Crippen molar-refractivity contribution in [1.29, 1.82) is 0 Å². The Kier molecular flexibility index (Phi) is 5.20. The van der Waals surface area contributed by atoms with Gasteiger partial charge in [0.2, 0.25) is 0 Å². The van der Waals surface area contributed by atoms with E-state index in [4.69, 9.17) is 0 Å². The molecule has 1 aromatic rings. The van der Waals surface area contributed by atoms with Crippen LogP contribution in [0.25, 0.3) is 0 Å². The molecular weight excluding hydrogens is 280 g/mol. The maximum absolute atomic E-state index is 12.7. The number of thioether (sulfide) groups is 1. The molecule has 1 saturated heterocycles. The van der Waals surface area contributed by atoms with Crippen molar-refractivity contribution in [2.75, 3.05) is 30.7 Å². The van der Waals surface area contributed by atoms with Crippen LogP contribution < -0.4 is 5.32 Å². The Hall–Kier alpha value is -1.16. The van der Waals surface area contributed by atoms with Gasteiger partial charge in [0.25, 0.3) is 5.91 Å². The van der Waals surface area contributed by atoms with Crippen LogP contribution in [0.2, 0.25) is 0 Å². The number of rotatable bonds is 4. The van der Waals surface area contributed by atoms with Crippen molar-refractivity contribution >= 4 is 23.4 Å². The number of hydrogen-bond acceptors (Lipinski definition) is 3. The van der Waals surface area contributed by atoms with Crippen LogP contribution in [0.15, 0.2) is 18.2 Å². The van der Waals surface area contributed by atoms with Gasteiger partial charge < -0.3 is 10.2 Å². The van der Waals surface area contributed by atoms with Crippen LogP contribution in [0, 0.1) is 6.92 Å². The minimum atomic E-state index is 0.157. The SMILES string of the molecule is CCCNc1ccc(C(=O)N2CCSC(C)(C)C2)c(C)c1. The third kappa shape index (κ3) is 4.16. The number of carbonyl (C=O) groups excluding carboxylic acids is 1. The van der Waals surface area contributed by atoms with E-state index >= 15 is 0 Å². The van der Waals surface area contributed by atoms with E-state index in [1.807, 2.05) is 35.7 Å². The lowest BCUT2D eigenvalue weighted by atomic mass is 10.1. The second-order valence-electron chi connectivity index (χ2n) is 6.29. The van der Waals surface area contributed by atoms with Gasteiger partial charge in [0.05, 0.1) is 0 Å². The lowest BCUT2D eigenvalue weighted by molar-refractivity contribution is 0.0747. The Labute approximate surface area is 132 Å². The number of amides is 1. The van der Waals surface area contributed by atoms with Crippen molar-refractivity contribution in [2.24, 2.45) is 0 Å². The number of anilines is 1. The number of hydrogen-bond donors (Lipinski definition) is 1. The lowest BCUT2D eigenvalue weighted by Crippen LogP contribution is -2.46. The van der Waals surface area contributed by atoms with Gasteiger partial charge in [0.15, 0.2) is 0 Å². The molecule has 1 fully saturated rings. The Morgan fingerprint density at radius 1 is 1.43 bits per heavy atom. The second-order valence-corrected chi connectivity index (χ2v) is 8.09. The van der Waals surface area contributed by atoms with Crippen LogP contribution in [0.5, 0.6) is 0 Å². The van der Waals surface area contributed by atoms with Gasteiger partial charge in [0.1, 0.15) is 0 Å². The largest absolute Gasteiger partial charge is 0.385 e. The molecule has 1 aliphatic rings. The van der Waals surface area contributed by atoms with E-state index in [1.54, 1.807) is 0 Å². The normalized spacial score (nSPS) is 17.6. The van der Waals surface area contributed by atoms with Crippen molar-refractivity contribution in [3.05, 3.63) is 29.3 Å². The topological polar surface area (TPSA) is 32.3 Å². The van der Waals surface area contributed by atoms with E-state index in [0.29, 0.717) is 0 Å². The summed E-state index contributed by atoms with van der Waals surface area (Å²) in [6, 6.07) is 6.05. The molecule has 0 spiro atoms. The fourth-order valence-electron chi connectivity index (χ4n) is 2.64. The van der Waals surface area contributed by atoms with Gasteiger partial charge in [-0.05, 0) is 51.0 Å². The monoisotopic (exact) mass is 306 g/mol. The summed E-state index contributed by atoms with van der Waals surface area (Å²) in [5, 5.41) is 3.37. The van der Waals surface area contributed by atoms with Gasteiger partial charge in [0, 0.05) is 41.4 Å². The fraction of sp³-hybridized carbons (Fsp3) is 0.588. The first-order valence-electron chi connectivity index (χ1n) is 7.71. The Morgan fingerprint density at radius 2 is 2.19 bits per heavy atom. The molecule has 1 amide bonds. The fourth-order valence-corrected chi connectivity index (χ4v) is 3.75. The molecule has 0 unspecified atom stereocenters. The molecule has 0 radical (unpaired) electrons. The van der Waals surface area contributed by atoms with Crippen molar-refractivity contribution in [3.8, 4) is 0 Å². The summed E-state index contributed by atoms with van der Waals surface area (Å²) >= 11 is 1.95. The van der Waals surface area contributed by atoms with Gasteiger partial charge in [-0.3, -0.25) is 4.79 Å². The van der Waals surface area contributed by atoms with E-state index in [-0.39, 0.29) is 10.7 Å². The molecule has 4 heteroatoms. The van der Waals surface area contributed by atoms with E-state index in [9.17, 15) is 4.79 Å². The summed E-state index contributed by atoms with van der Waals surface area (Å²) in [6.07, 6.45) is 1.10. The van der Waals surface area contributed by atoms with Crippen LogP contribution >= 0.6 is 11.8 Å². The highest BCUT2D eigenvalue weighted by atomic mass is 32.2. The highest BCUT2D eigenvalue weighted by molar-refractivity contribution is 8.00. The van der Waals surface area contributed by atoms with Crippen LogP contribution in [0.3, 0.4) is 0 Å². The summed E-state index contributed by atoms with van der Waals surface area (Å²) in [5.41, 5.74) is 2.98. The van der Waals surface area contributed by atoms with Gasteiger partial charge in [-0.1, -0.05) is 6.92 Å². The van der Waals surface area contributed by atoms with Crippen LogP contribution in [0.4, 0.5) is 5.69 Å². The molecule has 21 heavy (non-hydrogen) atoms. The molecule has 1 aliphatic heterocycles. The third-order valence-corrected chi connectivity index (χ3v) is 5.05. The number of nitrogens with zero attached hydrogens (tertiary/aromatic N) is 1. The van der Waals surface area contributed by atoms with Crippen LogP contribution in [-0.2, 0) is 0 Å². The first kappa shape index (κ1) is 16.2. The molecule has 0 aromatic heterocycles. The molecule has 1 aromatic carbocycles. The molecule has 1 heterocycles. The number of benzene rings is 1. The highest BCUT2D eigenvalue weighted by Gasteiger charge is 2.30. The summed E-state index contributed by atoms with van der Waals surface area (Å²) in [5.74, 6) is 1.19. The number of carbonyl (C=O) groups is 1. The maximum Gasteiger partial charge on any atom is 0.254 e. The first-order chi connectivity index (χ1) is 9.93. The first-order valence-corrected chi connectivity index (χ1v) is 8.69. The van der Waals surface area contributed by atoms with Gasteiger partial charge in [-0.25, -0.2) is 0 Å². The van der Waals surface area contributed by atoms with Crippen molar-refractivity contribution < 1.29 is 4.79 Å². The van der Waals surface area contributed by atoms with Crippen molar-refractivity contribution in [3.63, 3.8) is 0 Å². The third-order valence-electron chi connectivity index (χ3n) is 3.75. The Bertz CT molecular complexity index is 514. The molecular formula is C17H26N2OS. The van der Waals surface area contributed by atoms with Gasteiger partial charge in [-0.15, -0.1) is 0 Å². The highest BCUT2D eigenvalue weighted by Crippen LogP contribution is 2.30. The zero-order valence-electron chi connectivity index (χ0n) is 13.5. The molecule has 1 N–H and O–H groups in total.